The maximum absolute atomic E-state index is 2.28. The van der Waals surface area contributed by atoms with Crippen LogP contribution in [0.1, 0.15) is 33.4 Å². The molecule has 0 spiro atoms. The fraction of sp³-hybridized carbons (Fsp3) is 0. The molecule has 0 heteroatoms. The molecule has 8 aromatic rings. The highest BCUT2D eigenvalue weighted by molar-refractivity contribution is 6.05. The van der Waals surface area contributed by atoms with E-state index >= 15 is 0 Å². The van der Waals surface area contributed by atoms with E-state index < -0.39 is 0 Å². The van der Waals surface area contributed by atoms with E-state index in [0.717, 1.165) is 0 Å². The highest BCUT2D eigenvalue weighted by atomic mass is 14.2. The van der Waals surface area contributed by atoms with Crippen LogP contribution in [0, 0.1) is 0 Å². The van der Waals surface area contributed by atoms with Gasteiger partial charge in [-0.3, -0.25) is 0 Å². The molecule has 0 N–H and O–H groups in total. The molecule has 10 aliphatic carbocycles. The van der Waals surface area contributed by atoms with Gasteiger partial charge >= 0.3 is 0 Å². The van der Waals surface area contributed by atoms with E-state index in [9.17, 15) is 0 Å². The lowest BCUT2D eigenvalue weighted by Gasteiger charge is -2.19. The molecule has 0 aromatic heterocycles. The third kappa shape index (κ3) is 6.35. The van der Waals surface area contributed by atoms with Crippen LogP contribution >= 0.6 is 0 Å². The minimum absolute atomic E-state index is 1.18. The van der Waals surface area contributed by atoms with Crippen molar-refractivity contribution in [2.45, 2.75) is 0 Å². The van der Waals surface area contributed by atoms with Crippen molar-refractivity contribution in [3.63, 3.8) is 0 Å². The normalized spacial score (nSPS) is 14.1. The lowest BCUT2D eigenvalue weighted by molar-refractivity contribution is 1.49. The summed E-state index contributed by atoms with van der Waals surface area (Å²) in [6.45, 7) is 0. The van der Waals surface area contributed by atoms with Crippen molar-refractivity contribution >= 4 is 23.3 Å². The highest BCUT2D eigenvalue weighted by Gasteiger charge is 2.17. The van der Waals surface area contributed by atoms with Gasteiger partial charge in [-0.15, -0.1) is 0 Å². The first-order valence-corrected chi connectivity index (χ1v) is 17.9. The molecule has 0 aliphatic heterocycles. The average molecular weight is 661 g/mol. The summed E-state index contributed by atoms with van der Waals surface area (Å²) >= 11 is 0. The second-order valence-electron chi connectivity index (χ2n) is 13.4. The Balaban J connectivity index is 1.21. The molecule has 18 rings (SSSR count). The zero-order chi connectivity index (χ0) is 34.7. The van der Waals surface area contributed by atoms with E-state index in [-0.39, 0.29) is 0 Å². The van der Waals surface area contributed by atoms with Gasteiger partial charge in [-0.1, -0.05) is 218 Å². The van der Waals surface area contributed by atoms with Crippen LogP contribution in [-0.2, 0) is 0 Å². The predicted molar refractivity (Wildman–Crippen MR) is 221 cm³/mol. The van der Waals surface area contributed by atoms with Crippen molar-refractivity contribution in [2.24, 2.45) is 0 Å². The van der Waals surface area contributed by atoms with E-state index in [2.05, 4.69) is 218 Å². The second kappa shape index (κ2) is 13.9. The van der Waals surface area contributed by atoms with Crippen LogP contribution < -0.4 is 0 Å². The SMILES string of the molecule is C1=C\c2ccc(cc2)-c2ccc(cc2)-c2ccc(cc2)/C(c2ccccc2)=C(/c2ccccc2)c2ccc(cc2)-c2ccc(cc2)-c2ccc/1cc2. The van der Waals surface area contributed by atoms with Gasteiger partial charge in [0.25, 0.3) is 0 Å². The van der Waals surface area contributed by atoms with Crippen LogP contribution in [0.5, 0.6) is 0 Å². The van der Waals surface area contributed by atoms with Gasteiger partial charge in [0, 0.05) is 0 Å². The van der Waals surface area contributed by atoms with Crippen molar-refractivity contribution in [3.05, 3.63) is 240 Å². The van der Waals surface area contributed by atoms with E-state index in [0.29, 0.717) is 0 Å². The number of hydrogen-bond donors (Lipinski definition) is 0. The van der Waals surface area contributed by atoms with Crippen molar-refractivity contribution in [1.82, 2.24) is 0 Å². The summed E-state index contributed by atoms with van der Waals surface area (Å²) in [6, 6.07) is 75.2. The van der Waals surface area contributed by atoms with Crippen molar-refractivity contribution in [3.8, 4) is 44.5 Å². The van der Waals surface area contributed by atoms with Crippen LogP contribution in [0.4, 0.5) is 0 Å². The molecule has 244 valence electrons. The molecule has 0 unspecified atom stereocenters. The molecule has 0 saturated carbocycles. The summed E-state index contributed by atoms with van der Waals surface area (Å²) in [5.74, 6) is 0. The van der Waals surface area contributed by atoms with Crippen molar-refractivity contribution in [1.29, 1.82) is 0 Å². The maximum Gasteiger partial charge on any atom is -0.00268 e. The molecule has 0 atom stereocenters. The van der Waals surface area contributed by atoms with Gasteiger partial charge in [-0.05, 0) is 89.0 Å². The zero-order valence-electron chi connectivity index (χ0n) is 28.8. The topological polar surface area (TPSA) is 0 Å². The molecule has 0 radical (unpaired) electrons. The monoisotopic (exact) mass is 660 g/mol. The summed E-state index contributed by atoms with van der Waals surface area (Å²) in [5, 5.41) is 0. The Hall–Kier alpha value is -6.76. The fourth-order valence-electron chi connectivity index (χ4n) is 7.26. The van der Waals surface area contributed by atoms with Gasteiger partial charge in [-0.2, -0.15) is 0 Å². The number of benzene rings is 8. The third-order valence-corrected chi connectivity index (χ3v) is 10.1. The molecule has 0 amide bonds. The van der Waals surface area contributed by atoms with Crippen LogP contribution in [0.25, 0.3) is 67.8 Å². The quantitative estimate of drug-likeness (QED) is 0.173. The van der Waals surface area contributed by atoms with Gasteiger partial charge in [0.1, 0.15) is 0 Å². The number of hydrogen-bond acceptors (Lipinski definition) is 0. The van der Waals surface area contributed by atoms with E-state index in [1.54, 1.807) is 0 Å². The molecule has 0 nitrogen and oxygen atoms in total. The molecular weight excluding hydrogens is 625 g/mol. The Labute approximate surface area is 306 Å². The highest BCUT2D eigenvalue weighted by Crippen LogP contribution is 2.38. The maximum atomic E-state index is 2.28. The van der Waals surface area contributed by atoms with Crippen LogP contribution in [0.3, 0.4) is 0 Å². The Morgan fingerprint density at radius 1 is 0.154 bits per heavy atom. The van der Waals surface area contributed by atoms with Crippen LogP contribution in [0.15, 0.2) is 206 Å². The first-order valence-electron chi connectivity index (χ1n) is 17.9. The minimum Gasteiger partial charge on any atom is -0.0622 e. The molecular formula is C52H36. The second-order valence-corrected chi connectivity index (χ2v) is 13.4. The minimum atomic E-state index is 1.18. The van der Waals surface area contributed by atoms with E-state index in [1.165, 1.54) is 89.0 Å². The van der Waals surface area contributed by atoms with E-state index in [4.69, 9.17) is 0 Å². The van der Waals surface area contributed by atoms with Crippen molar-refractivity contribution in [2.75, 3.05) is 0 Å². The Bertz CT molecular complexity index is 2320. The lowest BCUT2D eigenvalue weighted by atomic mass is 9.85. The molecule has 0 heterocycles. The molecule has 52 heavy (non-hydrogen) atoms. The smallest absolute Gasteiger partial charge is 0.00268 e. The first kappa shape index (κ1) is 31.2. The van der Waals surface area contributed by atoms with Crippen LogP contribution in [-0.4, -0.2) is 0 Å². The molecule has 8 aromatic carbocycles. The van der Waals surface area contributed by atoms with Gasteiger partial charge < -0.3 is 0 Å². The van der Waals surface area contributed by atoms with E-state index in [1.807, 2.05) is 0 Å². The first-order chi connectivity index (χ1) is 25.7. The zero-order valence-corrected chi connectivity index (χ0v) is 28.8. The van der Waals surface area contributed by atoms with Gasteiger partial charge in [-0.25, -0.2) is 0 Å². The largest absolute Gasteiger partial charge is 0.0622 e. The standard InChI is InChI=1S/C52H36/c1-3-7-47(8-4-1)51-49-33-29-45(30-34-49)43-25-21-41(22-26-43)39-17-13-37(14-18-39)11-12-38-15-19-40(20-16-38)42-23-27-44(28-24-42)46-31-35-50(36-32-46)52(51)48-9-5-2-6-10-48/h1-36H/b12-11-,37-11?,38-12?,41-39?,42-40?,45-43?,46-44?,51-49?,52-50?,52-51-. The lowest BCUT2D eigenvalue weighted by Crippen LogP contribution is -1.98. The molecule has 12 bridgehead atoms. The number of rotatable bonds is 2. The Kier molecular flexibility index (Phi) is 8.33. The van der Waals surface area contributed by atoms with Gasteiger partial charge in [0.15, 0.2) is 0 Å². The summed E-state index contributed by atoms with van der Waals surface area (Å²) in [7, 11) is 0. The van der Waals surface area contributed by atoms with Crippen molar-refractivity contribution < 1.29 is 0 Å². The Morgan fingerprint density at radius 2 is 0.346 bits per heavy atom. The fourth-order valence-corrected chi connectivity index (χ4v) is 7.26. The summed E-state index contributed by atoms with van der Waals surface area (Å²) in [4.78, 5) is 0. The van der Waals surface area contributed by atoms with Gasteiger partial charge in [0.2, 0.25) is 0 Å². The average Bonchev–Trinajstić information content (AvgIpc) is 3.23. The van der Waals surface area contributed by atoms with Crippen LogP contribution in [0.2, 0.25) is 0 Å². The van der Waals surface area contributed by atoms with Gasteiger partial charge in [0.05, 0.1) is 0 Å². The summed E-state index contributed by atoms with van der Waals surface area (Å²) in [5.41, 5.74) is 19.2. The Morgan fingerprint density at radius 3 is 0.596 bits per heavy atom. The predicted octanol–water partition coefficient (Wildman–Crippen LogP) is 13.8. The molecule has 0 saturated heterocycles. The summed E-state index contributed by atoms with van der Waals surface area (Å²) in [6.07, 6.45) is 4.36. The molecule has 10 aliphatic rings. The third-order valence-electron chi connectivity index (χ3n) is 10.1. The molecule has 0 fully saturated rings. The summed E-state index contributed by atoms with van der Waals surface area (Å²) < 4.78 is 0.